The van der Waals surface area contributed by atoms with Crippen molar-refractivity contribution in [1.29, 1.82) is 0 Å². The zero-order chi connectivity index (χ0) is 17.5. The van der Waals surface area contributed by atoms with Crippen molar-refractivity contribution in [2.45, 2.75) is 13.0 Å². The van der Waals surface area contributed by atoms with Crippen molar-refractivity contribution < 1.29 is 14.3 Å². The molecule has 7 nitrogen and oxygen atoms in total. The third-order valence-corrected chi connectivity index (χ3v) is 4.38. The van der Waals surface area contributed by atoms with Crippen LogP contribution in [0.3, 0.4) is 0 Å². The van der Waals surface area contributed by atoms with Crippen molar-refractivity contribution in [3.05, 3.63) is 29.8 Å². The number of nitrogens with zero attached hydrogens (tertiary/aromatic N) is 2. The molecule has 1 aliphatic rings. The van der Waals surface area contributed by atoms with E-state index in [0.717, 1.165) is 31.9 Å². The second-order valence-electron chi connectivity index (χ2n) is 5.89. The second-order valence-corrected chi connectivity index (χ2v) is 5.89. The molecule has 0 aliphatic carbocycles. The third kappa shape index (κ3) is 4.94. The van der Waals surface area contributed by atoms with Gasteiger partial charge < -0.3 is 10.1 Å². The molecule has 1 fully saturated rings. The van der Waals surface area contributed by atoms with Crippen LogP contribution in [0, 0.1) is 0 Å². The standard InChI is InChI=1S/C17H26N4O3/c1-13(14-5-4-6-15(11-14)24-3)21-9-7-20(8-10-21)12-16(22)19-17(23)18-2/h4-6,11,13H,7-10,12H2,1-3H3,(H2,18,19,22,23). The number of piperazine rings is 1. The monoisotopic (exact) mass is 334 g/mol. The van der Waals surface area contributed by atoms with Crippen LogP contribution < -0.4 is 15.4 Å². The van der Waals surface area contributed by atoms with Gasteiger partial charge in [0.25, 0.3) is 0 Å². The van der Waals surface area contributed by atoms with Crippen molar-refractivity contribution in [1.82, 2.24) is 20.4 Å². The molecule has 1 heterocycles. The maximum absolute atomic E-state index is 11.7. The first-order valence-electron chi connectivity index (χ1n) is 8.15. The van der Waals surface area contributed by atoms with Gasteiger partial charge in [0.05, 0.1) is 13.7 Å². The van der Waals surface area contributed by atoms with E-state index in [4.69, 9.17) is 4.74 Å². The Morgan fingerprint density at radius 2 is 1.96 bits per heavy atom. The Bertz CT molecular complexity index is 571. The van der Waals surface area contributed by atoms with Gasteiger partial charge in [-0.1, -0.05) is 12.1 Å². The highest BCUT2D eigenvalue weighted by atomic mass is 16.5. The third-order valence-electron chi connectivity index (χ3n) is 4.38. The molecule has 2 rings (SSSR count). The molecule has 0 aromatic heterocycles. The lowest BCUT2D eigenvalue weighted by atomic mass is 10.1. The van der Waals surface area contributed by atoms with Gasteiger partial charge in [0.1, 0.15) is 5.75 Å². The summed E-state index contributed by atoms with van der Waals surface area (Å²) in [6.45, 7) is 5.79. The van der Waals surface area contributed by atoms with E-state index >= 15 is 0 Å². The molecule has 1 aromatic carbocycles. The van der Waals surface area contributed by atoms with Crippen molar-refractivity contribution in [3.63, 3.8) is 0 Å². The minimum atomic E-state index is -0.467. The molecule has 132 valence electrons. The largest absolute Gasteiger partial charge is 0.497 e. The fourth-order valence-corrected chi connectivity index (χ4v) is 2.85. The average molecular weight is 334 g/mol. The minimum absolute atomic E-state index is 0.245. The van der Waals surface area contributed by atoms with Gasteiger partial charge in [-0.2, -0.15) is 0 Å². The van der Waals surface area contributed by atoms with Crippen LogP contribution in [0.25, 0.3) is 0 Å². The second kappa shape index (κ2) is 8.65. The fraction of sp³-hybridized carbons (Fsp3) is 0.529. The molecule has 7 heteroatoms. The molecule has 0 spiro atoms. The van der Waals surface area contributed by atoms with Crippen molar-refractivity contribution in [2.24, 2.45) is 0 Å². The van der Waals surface area contributed by atoms with E-state index in [1.54, 1.807) is 7.11 Å². The van der Waals surface area contributed by atoms with Gasteiger partial charge in [0.15, 0.2) is 0 Å². The number of rotatable bonds is 5. The molecule has 1 aromatic rings. The number of nitrogens with one attached hydrogen (secondary N) is 2. The van der Waals surface area contributed by atoms with Gasteiger partial charge in [-0.25, -0.2) is 4.79 Å². The number of benzene rings is 1. The smallest absolute Gasteiger partial charge is 0.321 e. The molecule has 1 atom stereocenters. The van der Waals surface area contributed by atoms with Crippen LogP contribution >= 0.6 is 0 Å². The van der Waals surface area contributed by atoms with Crippen molar-refractivity contribution in [3.8, 4) is 5.75 Å². The predicted molar refractivity (Wildman–Crippen MR) is 92.0 cm³/mol. The van der Waals surface area contributed by atoms with Gasteiger partial charge in [0, 0.05) is 39.3 Å². The van der Waals surface area contributed by atoms with Crippen molar-refractivity contribution in [2.75, 3.05) is 46.9 Å². The lowest BCUT2D eigenvalue weighted by Crippen LogP contribution is -2.51. The topological polar surface area (TPSA) is 73.9 Å². The number of hydrogen-bond donors (Lipinski definition) is 2. The summed E-state index contributed by atoms with van der Waals surface area (Å²) in [6.07, 6.45) is 0. The number of hydrogen-bond acceptors (Lipinski definition) is 5. The zero-order valence-electron chi connectivity index (χ0n) is 14.5. The van der Waals surface area contributed by atoms with Crippen LogP contribution in [0.2, 0.25) is 0 Å². The van der Waals surface area contributed by atoms with Crippen LogP contribution in [0.1, 0.15) is 18.5 Å². The molecule has 1 unspecified atom stereocenters. The Balaban J connectivity index is 1.83. The number of imide groups is 1. The Kier molecular flexibility index (Phi) is 6.57. The number of carbonyl (C=O) groups is 2. The molecule has 1 aliphatic heterocycles. The van der Waals surface area contributed by atoms with E-state index in [1.807, 2.05) is 12.1 Å². The highest BCUT2D eigenvalue weighted by Gasteiger charge is 2.23. The van der Waals surface area contributed by atoms with Gasteiger partial charge in [-0.05, 0) is 24.6 Å². The molecule has 3 amide bonds. The fourth-order valence-electron chi connectivity index (χ4n) is 2.85. The number of ether oxygens (including phenoxy) is 1. The van der Waals surface area contributed by atoms with Gasteiger partial charge in [0.2, 0.25) is 5.91 Å². The molecular weight excluding hydrogens is 308 g/mol. The van der Waals surface area contributed by atoms with E-state index < -0.39 is 6.03 Å². The van der Waals surface area contributed by atoms with E-state index in [1.165, 1.54) is 12.6 Å². The van der Waals surface area contributed by atoms with E-state index in [-0.39, 0.29) is 12.5 Å². The molecule has 0 radical (unpaired) electrons. The zero-order valence-corrected chi connectivity index (χ0v) is 14.5. The number of urea groups is 1. The Morgan fingerprint density at radius 3 is 2.58 bits per heavy atom. The lowest BCUT2D eigenvalue weighted by Gasteiger charge is -2.38. The summed E-state index contributed by atoms with van der Waals surface area (Å²) in [5, 5.41) is 4.67. The summed E-state index contributed by atoms with van der Waals surface area (Å²) >= 11 is 0. The summed E-state index contributed by atoms with van der Waals surface area (Å²) < 4.78 is 5.29. The lowest BCUT2D eigenvalue weighted by molar-refractivity contribution is -0.121. The highest BCUT2D eigenvalue weighted by molar-refractivity contribution is 5.95. The SMILES string of the molecule is CNC(=O)NC(=O)CN1CCN(C(C)c2cccc(OC)c2)CC1. The van der Waals surface area contributed by atoms with Crippen LogP contribution in [0.4, 0.5) is 4.79 Å². The van der Waals surface area contributed by atoms with Gasteiger partial charge in [-0.3, -0.25) is 19.9 Å². The maximum atomic E-state index is 11.7. The van der Waals surface area contributed by atoms with E-state index in [0.29, 0.717) is 6.04 Å². The summed E-state index contributed by atoms with van der Waals surface area (Å²) in [5.74, 6) is 0.590. The molecule has 0 saturated carbocycles. The number of methoxy groups -OCH3 is 1. The minimum Gasteiger partial charge on any atom is -0.497 e. The Morgan fingerprint density at radius 1 is 1.25 bits per heavy atom. The molecule has 1 saturated heterocycles. The summed E-state index contributed by atoms with van der Waals surface area (Å²) in [4.78, 5) is 27.3. The Hall–Kier alpha value is -2.12. The maximum Gasteiger partial charge on any atom is 0.321 e. The van der Waals surface area contributed by atoms with Crippen LogP contribution in [-0.4, -0.2) is 68.6 Å². The van der Waals surface area contributed by atoms with Crippen LogP contribution in [-0.2, 0) is 4.79 Å². The number of carbonyl (C=O) groups excluding carboxylic acids is 2. The first-order valence-corrected chi connectivity index (χ1v) is 8.15. The molecule has 2 N–H and O–H groups in total. The summed E-state index contributed by atoms with van der Waals surface area (Å²) in [6, 6.07) is 7.94. The van der Waals surface area contributed by atoms with Crippen LogP contribution in [0.5, 0.6) is 5.75 Å². The molecule has 0 bridgehead atoms. The summed E-state index contributed by atoms with van der Waals surface area (Å²) in [7, 11) is 3.16. The number of amides is 3. The van der Waals surface area contributed by atoms with E-state index in [2.05, 4.69) is 39.5 Å². The van der Waals surface area contributed by atoms with Crippen molar-refractivity contribution >= 4 is 11.9 Å². The molecule has 24 heavy (non-hydrogen) atoms. The van der Waals surface area contributed by atoms with Gasteiger partial charge >= 0.3 is 6.03 Å². The van der Waals surface area contributed by atoms with Gasteiger partial charge in [-0.15, -0.1) is 0 Å². The summed E-state index contributed by atoms with van der Waals surface area (Å²) in [5.41, 5.74) is 1.22. The predicted octanol–water partition coefficient (Wildman–Crippen LogP) is 0.829. The highest BCUT2D eigenvalue weighted by Crippen LogP contribution is 2.24. The quantitative estimate of drug-likeness (QED) is 0.834. The first-order chi connectivity index (χ1) is 11.5. The normalized spacial score (nSPS) is 17.1. The average Bonchev–Trinajstić information content (AvgIpc) is 2.61. The first kappa shape index (κ1) is 18.2. The van der Waals surface area contributed by atoms with Crippen LogP contribution in [0.15, 0.2) is 24.3 Å². The Labute approximate surface area is 142 Å². The molecular formula is C17H26N4O3. The van der Waals surface area contributed by atoms with E-state index in [9.17, 15) is 9.59 Å².